The van der Waals surface area contributed by atoms with Gasteiger partial charge < -0.3 is 9.47 Å². The van der Waals surface area contributed by atoms with Crippen LogP contribution >= 0.6 is 0 Å². The minimum Gasteiger partial charge on any atom is -0.497 e. The molecule has 20 heavy (non-hydrogen) atoms. The molecular weight excluding hydrogens is 252 g/mol. The predicted octanol–water partition coefficient (Wildman–Crippen LogP) is 3.07. The van der Waals surface area contributed by atoms with Gasteiger partial charge in [0.2, 0.25) is 0 Å². The third-order valence-corrected chi connectivity index (χ3v) is 2.86. The standard InChI is InChI=1S/C17H14O3/c1-3-13-6-9-17(15(10-13)11-18)20-12-14-4-7-16(19-2)8-5-14/h1,4-11H,12H2,2H3. The van der Waals surface area contributed by atoms with Crippen LogP contribution < -0.4 is 9.47 Å². The molecule has 0 aliphatic carbocycles. The first-order valence-corrected chi connectivity index (χ1v) is 6.08. The minimum absolute atomic E-state index is 0.375. The summed E-state index contributed by atoms with van der Waals surface area (Å²) in [5, 5.41) is 0. The lowest BCUT2D eigenvalue weighted by molar-refractivity contribution is 0.111. The van der Waals surface area contributed by atoms with Gasteiger partial charge in [-0.3, -0.25) is 4.79 Å². The first-order valence-electron chi connectivity index (χ1n) is 6.08. The third-order valence-electron chi connectivity index (χ3n) is 2.86. The molecule has 0 saturated carbocycles. The van der Waals surface area contributed by atoms with Gasteiger partial charge in [-0.2, -0.15) is 0 Å². The summed E-state index contributed by atoms with van der Waals surface area (Å²) >= 11 is 0. The number of benzene rings is 2. The van der Waals surface area contributed by atoms with Crippen LogP contribution in [0.15, 0.2) is 42.5 Å². The van der Waals surface area contributed by atoms with Crippen LogP contribution in [0.3, 0.4) is 0 Å². The third kappa shape index (κ3) is 3.18. The van der Waals surface area contributed by atoms with E-state index < -0.39 is 0 Å². The van der Waals surface area contributed by atoms with E-state index in [4.69, 9.17) is 15.9 Å². The average Bonchev–Trinajstić information content (AvgIpc) is 2.53. The zero-order valence-electron chi connectivity index (χ0n) is 11.1. The highest BCUT2D eigenvalue weighted by molar-refractivity contribution is 5.80. The molecule has 0 bridgehead atoms. The Morgan fingerprint density at radius 2 is 1.95 bits per heavy atom. The second-order valence-corrected chi connectivity index (χ2v) is 4.15. The zero-order chi connectivity index (χ0) is 14.4. The quantitative estimate of drug-likeness (QED) is 0.616. The summed E-state index contributed by atoms with van der Waals surface area (Å²) in [4.78, 5) is 11.0. The average molecular weight is 266 g/mol. The van der Waals surface area contributed by atoms with Crippen LogP contribution in [-0.2, 0) is 6.61 Å². The zero-order valence-corrected chi connectivity index (χ0v) is 11.1. The molecule has 2 rings (SSSR count). The summed E-state index contributed by atoms with van der Waals surface area (Å²) in [6.45, 7) is 0.375. The van der Waals surface area contributed by atoms with Gasteiger partial charge in [0, 0.05) is 5.56 Å². The molecule has 0 heterocycles. The van der Waals surface area contributed by atoms with Crippen molar-refractivity contribution in [3.8, 4) is 23.8 Å². The van der Waals surface area contributed by atoms with Crippen LogP contribution in [0.1, 0.15) is 21.5 Å². The molecule has 3 heteroatoms. The Bertz CT molecular complexity index is 636. The Balaban J connectivity index is 2.10. The first kappa shape index (κ1) is 13.7. The maximum atomic E-state index is 11.0. The van der Waals surface area contributed by atoms with Crippen molar-refractivity contribution in [1.29, 1.82) is 0 Å². The van der Waals surface area contributed by atoms with Crippen molar-refractivity contribution in [3.05, 3.63) is 59.2 Å². The molecule has 0 saturated heterocycles. The van der Waals surface area contributed by atoms with Crippen molar-refractivity contribution in [2.45, 2.75) is 6.61 Å². The molecule has 3 nitrogen and oxygen atoms in total. The number of carbonyl (C=O) groups excluding carboxylic acids is 1. The van der Waals surface area contributed by atoms with Gasteiger partial charge in [-0.05, 0) is 35.9 Å². The molecule has 0 radical (unpaired) electrons. The summed E-state index contributed by atoms with van der Waals surface area (Å²) < 4.78 is 10.7. The van der Waals surface area contributed by atoms with E-state index in [0.717, 1.165) is 17.6 Å². The number of hydrogen-bond donors (Lipinski definition) is 0. The van der Waals surface area contributed by atoms with E-state index in [0.29, 0.717) is 23.5 Å². The second-order valence-electron chi connectivity index (χ2n) is 4.15. The number of ether oxygens (including phenoxy) is 2. The van der Waals surface area contributed by atoms with Crippen LogP contribution in [0.5, 0.6) is 11.5 Å². The lowest BCUT2D eigenvalue weighted by Gasteiger charge is -2.09. The Hall–Kier alpha value is -2.73. The predicted molar refractivity (Wildman–Crippen MR) is 77.1 cm³/mol. The molecule has 0 spiro atoms. The van der Waals surface area contributed by atoms with Crippen LogP contribution in [0.4, 0.5) is 0 Å². The Labute approximate surface area is 118 Å². The van der Waals surface area contributed by atoms with Crippen molar-refractivity contribution < 1.29 is 14.3 Å². The molecule has 2 aromatic rings. The van der Waals surface area contributed by atoms with Crippen molar-refractivity contribution in [3.63, 3.8) is 0 Å². The highest BCUT2D eigenvalue weighted by Gasteiger charge is 2.04. The number of aldehydes is 1. The van der Waals surface area contributed by atoms with Gasteiger partial charge in [0.1, 0.15) is 18.1 Å². The molecule has 100 valence electrons. The van der Waals surface area contributed by atoms with Gasteiger partial charge in [-0.1, -0.05) is 18.1 Å². The fourth-order valence-electron chi connectivity index (χ4n) is 1.74. The fraction of sp³-hybridized carbons (Fsp3) is 0.118. The van der Waals surface area contributed by atoms with E-state index in [1.165, 1.54) is 0 Å². The smallest absolute Gasteiger partial charge is 0.153 e. The number of carbonyl (C=O) groups is 1. The molecule has 0 N–H and O–H groups in total. The van der Waals surface area contributed by atoms with E-state index >= 15 is 0 Å². The summed E-state index contributed by atoms with van der Waals surface area (Å²) in [7, 11) is 1.62. The SMILES string of the molecule is C#Cc1ccc(OCc2ccc(OC)cc2)c(C=O)c1. The van der Waals surface area contributed by atoms with Gasteiger partial charge in [-0.25, -0.2) is 0 Å². The van der Waals surface area contributed by atoms with E-state index in [1.807, 2.05) is 24.3 Å². The minimum atomic E-state index is 0.375. The number of terminal acetylenes is 1. The summed E-state index contributed by atoms with van der Waals surface area (Å²) in [6, 6.07) is 12.6. The Kier molecular flexibility index (Phi) is 4.41. The maximum Gasteiger partial charge on any atom is 0.153 e. The Morgan fingerprint density at radius 3 is 2.55 bits per heavy atom. The molecule has 0 aromatic heterocycles. The van der Waals surface area contributed by atoms with Crippen molar-refractivity contribution in [2.75, 3.05) is 7.11 Å². The summed E-state index contributed by atoms with van der Waals surface area (Å²) in [6.07, 6.45) is 6.04. The van der Waals surface area contributed by atoms with Crippen LogP contribution in [0.25, 0.3) is 0 Å². The van der Waals surface area contributed by atoms with Gasteiger partial charge in [-0.15, -0.1) is 6.42 Å². The van der Waals surface area contributed by atoms with E-state index in [9.17, 15) is 4.79 Å². The van der Waals surface area contributed by atoms with Crippen molar-refractivity contribution >= 4 is 6.29 Å². The first-order chi connectivity index (χ1) is 9.76. The molecule has 0 fully saturated rings. The van der Waals surface area contributed by atoms with Crippen molar-refractivity contribution in [1.82, 2.24) is 0 Å². The summed E-state index contributed by atoms with van der Waals surface area (Å²) in [5.74, 6) is 3.80. The molecule has 2 aromatic carbocycles. The molecule has 0 aliphatic heterocycles. The Morgan fingerprint density at radius 1 is 1.20 bits per heavy atom. The highest BCUT2D eigenvalue weighted by atomic mass is 16.5. The number of hydrogen-bond acceptors (Lipinski definition) is 3. The molecule has 0 atom stereocenters. The molecule has 0 unspecified atom stereocenters. The normalized spacial score (nSPS) is 9.60. The lowest BCUT2D eigenvalue weighted by atomic mass is 10.1. The van der Waals surface area contributed by atoms with Gasteiger partial charge in [0.05, 0.1) is 12.7 Å². The van der Waals surface area contributed by atoms with Crippen LogP contribution in [0, 0.1) is 12.3 Å². The van der Waals surface area contributed by atoms with Gasteiger partial charge in [0.15, 0.2) is 6.29 Å². The topological polar surface area (TPSA) is 35.5 Å². The van der Waals surface area contributed by atoms with E-state index in [1.54, 1.807) is 25.3 Å². The molecule has 0 aliphatic rings. The number of methoxy groups -OCH3 is 1. The van der Waals surface area contributed by atoms with Gasteiger partial charge in [0.25, 0.3) is 0 Å². The van der Waals surface area contributed by atoms with E-state index in [2.05, 4.69) is 5.92 Å². The monoisotopic (exact) mass is 266 g/mol. The second kappa shape index (κ2) is 6.44. The summed E-state index contributed by atoms with van der Waals surface area (Å²) in [5.41, 5.74) is 2.10. The highest BCUT2D eigenvalue weighted by Crippen LogP contribution is 2.20. The van der Waals surface area contributed by atoms with Crippen LogP contribution in [-0.4, -0.2) is 13.4 Å². The van der Waals surface area contributed by atoms with Crippen molar-refractivity contribution in [2.24, 2.45) is 0 Å². The van der Waals surface area contributed by atoms with Crippen LogP contribution in [0.2, 0.25) is 0 Å². The fourth-order valence-corrected chi connectivity index (χ4v) is 1.74. The number of rotatable bonds is 5. The van der Waals surface area contributed by atoms with E-state index in [-0.39, 0.29) is 0 Å². The lowest BCUT2D eigenvalue weighted by Crippen LogP contribution is -1.98. The maximum absolute atomic E-state index is 11.0. The molecule has 0 amide bonds. The van der Waals surface area contributed by atoms with Gasteiger partial charge >= 0.3 is 0 Å². The molecular formula is C17H14O3. The largest absolute Gasteiger partial charge is 0.497 e.